The molecule has 3 aromatic rings. The third kappa shape index (κ3) is 4.17. The van der Waals surface area contributed by atoms with Crippen molar-refractivity contribution in [3.8, 4) is 0 Å². The minimum absolute atomic E-state index is 0.127. The Morgan fingerprint density at radius 2 is 1.93 bits per heavy atom. The molecule has 4 rings (SSSR count). The Morgan fingerprint density at radius 1 is 1.15 bits per heavy atom. The number of nitrogens with zero attached hydrogens (tertiary/aromatic N) is 3. The lowest BCUT2D eigenvalue weighted by molar-refractivity contribution is 0.0693. The van der Waals surface area contributed by atoms with Crippen LogP contribution in [0.15, 0.2) is 59.8 Å². The van der Waals surface area contributed by atoms with Gasteiger partial charge in [0.2, 0.25) is 0 Å². The standard InChI is InChI=1S/C21H24N4OS/c22-13-16-8-11-24(12-9-16)21(26)17-4-6-19(7-5-17)27-15-18-14-25-10-2-1-3-20(25)23-18/h1-7,10,14,16H,8-9,11-13,15,22H2. The zero-order valence-corrected chi connectivity index (χ0v) is 16.1. The fourth-order valence-corrected chi connectivity index (χ4v) is 4.24. The number of pyridine rings is 1. The highest BCUT2D eigenvalue weighted by atomic mass is 32.2. The van der Waals surface area contributed by atoms with E-state index >= 15 is 0 Å². The molecule has 2 N–H and O–H groups in total. The van der Waals surface area contributed by atoms with E-state index in [0.717, 1.165) is 60.0 Å². The average molecular weight is 381 g/mol. The van der Waals surface area contributed by atoms with Crippen LogP contribution in [0.5, 0.6) is 0 Å². The molecule has 140 valence electrons. The van der Waals surface area contributed by atoms with Crippen LogP contribution in [0.1, 0.15) is 28.9 Å². The molecule has 0 saturated carbocycles. The first-order chi connectivity index (χ1) is 13.2. The number of likely N-dealkylation sites (tertiary alicyclic amines) is 1. The van der Waals surface area contributed by atoms with Gasteiger partial charge in [-0.25, -0.2) is 4.98 Å². The Morgan fingerprint density at radius 3 is 2.63 bits per heavy atom. The number of aromatic nitrogens is 2. The summed E-state index contributed by atoms with van der Waals surface area (Å²) in [7, 11) is 0. The highest BCUT2D eigenvalue weighted by Crippen LogP contribution is 2.24. The minimum Gasteiger partial charge on any atom is -0.339 e. The van der Waals surface area contributed by atoms with Gasteiger partial charge in [0, 0.05) is 41.7 Å². The van der Waals surface area contributed by atoms with Crippen molar-refractivity contribution in [2.24, 2.45) is 11.7 Å². The van der Waals surface area contributed by atoms with E-state index in [0.29, 0.717) is 5.92 Å². The van der Waals surface area contributed by atoms with Gasteiger partial charge in [-0.1, -0.05) is 6.07 Å². The van der Waals surface area contributed by atoms with Crippen molar-refractivity contribution >= 4 is 23.3 Å². The molecule has 0 atom stereocenters. The number of fused-ring (bicyclic) bond motifs is 1. The summed E-state index contributed by atoms with van der Waals surface area (Å²) in [5.41, 5.74) is 8.51. The fraction of sp³-hybridized carbons (Fsp3) is 0.333. The number of carbonyl (C=O) groups is 1. The van der Waals surface area contributed by atoms with Gasteiger partial charge in [0.15, 0.2) is 0 Å². The lowest BCUT2D eigenvalue weighted by atomic mass is 9.96. The molecule has 0 bridgehead atoms. The SMILES string of the molecule is NCC1CCN(C(=O)c2ccc(SCc3cn4ccccc4n3)cc2)CC1. The van der Waals surface area contributed by atoms with Crippen LogP contribution >= 0.6 is 11.8 Å². The van der Waals surface area contributed by atoms with Crippen molar-refractivity contribution < 1.29 is 4.79 Å². The molecule has 1 amide bonds. The predicted octanol–water partition coefficient (Wildman–Crippen LogP) is 3.44. The van der Waals surface area contributed by atoms with Crippen molar-refractivity contribution in [1.82, 2.24) is 14.3 Å². The number of hydrogen-bond acceptors (Lipinski definition) is 4. The molecule has 27 heavy (non-hydrogen) atoms. The molecule has 2 aromatic heterocycles. The van der Waals surface area contributed by atoms with E-state index in [9.17, 15) is 4.79 Å². The smallest absolute Gasteiger partial charge is 0.253 e. The zero-order chi connectivity index (χ0) is 18.6. The van der Waals surface area contributed by atoms with Gasteiger partial charge in [-0.2, -0.15) is 0 Å². The third-order valence-electron chi connectivity index (χ3n) is 5.14. The van der Waals surface area contributed by atoms with Crippen LogP contribution in [0.25, 0.3) is 5.65 Å². The molecular formula is C21H24N4OS. The van der Waals surface area contributed by atoms with Crippen molar-refractivity contribution in [3.05, 3.63) is 66.1 Å². The number of piperidine rings is 1. The normalized spacial score (nSPS) is 15.4. The molecule has 0 aliphatic carbocycles. The topological polar surface area (TPSA) is 63.6 Å². The maximum absolute atomic E-state index is 12.7. The molecule has 0 spiro atoms. The van der Waals surface area contributed by atoms with E-state index < -0.39 is 0 Å². The van der Waals surface area contributed by atoms with Gasteiger partial charge in [-0.3, -0.25) is 4.79 Å². The van der Waals surface area contributed by atoms with Gasteiger partial charge in [0.1, 0.15) is 5.65 Å². The number of hydrogen-bond donors (Lipinski definition) is 1. The van der Waals surface area contributed by atoms with Crippen LogP contribution in [0, 0.1) is 5.92 Å². The maximum atomic E-state index is 12.7. The second-order valence-corrected chi connectivity index (χ2v) is 8.03. The number of rotatable bonds is 5. The summed E-state index contributed by atoms with van der Waals surface area (Å²) < 4.78 is 2.03. The highest BCUT2D eigenvalue weighted by molar-refractivity contribution is 7.98. The van der Waals surface area contributed by atoms with Crippen LogP contribution in [0.4, 0.5) is 0 Å². The predicted molar refractivity (Wildman–Crippen MR) is 109 cm³/mol. The summed E-state index contributed by atoms with van der Waals surface area (Å²) in [6, 6.07) is 13.9. The van der Waals surface area contributed by atoms with Gasteiger partial charge in [0.25, 0.3) is 5.91 Å². The minimum atomic E-state index is 0.127. The lowest BCUT2D eigenvalue weighted by Gasteiger charge is -2.31. The number of benzene rings is 1. The van der Waals surface area contributed by atoms with Gasteiger partial charge >= 0.3 is 0 Å². The summed E-state index contributed by atoms with van der Waals surface area (Å²) in [4.78, 5) is 20.4. The summed E-state index contributed by atoms with van der Waals surface area (Å²) in [5, 5.41) is 0. The van der Waals surface area contributed by atoms with Crippen LogP contribution in [-0.4, -0.2) is 39.8 Å². The molecular weight excluding hydrogens is 356 g/mol. The van der Waals surface area contributed by atoms with Crippen LogP contribution in [-0.2, 0) is 5.75 Å². The molecule has 5 nitrogen and oxygen atoms in total. The van der Waals surface area contributed by atoms with Crippen LogP contribution in [0.3, 0.4) is 0 Å². The number of carbonyl (C=O) groups excluding carboxylic acids is 1. The average Bonchev–Trinajstić information content (AvgIpc) is 3.15. The summed E-state index contributed by atoms with van der Waals surface area (Å²) in [5.74, 6) is 1.50. The lowest BCUT2D eigenvalue weighted by Crippen LogP contribution is -2.40. The van der Waals surface area contributed by atoms with Gasteiger partial charge in [-0.05, 0) is 61.7 Å². The number of nitrogens with two attached hydrogens (primary N) is 1. The number of amides is 1. The van der Waals surface area contributed by atoms with E-state index in [4.69, 9.17) is 5.73 Å². The van der Waals surface area contributed by atoms with Crippen molar-refractivity contribution in [2.45, 2.75) is 23.5 Å². The molecule has 1 saturated heterocycles. The molecule has 0 radical (unpaired) electrons. The van der Waals surface area contributed by atoms with Gasteiger partial charge < -0.3 is 15.0 Å². The molecule has 1 aromatic carbocycles. The zero-order valence-electron chi connectivity index (χ0n) is 15.3. The largest absolute Gasteiger partial charge is 0.339 e. The summed E-state index contributed by atoms with van der Waals surface area (Å²) >= 11 is 1.73. The third-order valence-corrected chi connectivity index (χ3v) is 6.18. The highest BCUT2D eigenvalue weighted by Gasteiger charge is 2.22. The van der Waals surface area contributed by atoms with Crippen molar-refractivity contribution in [3.63, 3.8) is 0 Å². The Kier molecular flexibility index (Phi) is 5.45. The second kappa shape index (κ2) is 8.15. The molecule has 0 unspecified atom stereocenters. The quantitative estimate of drug-likeness (QED) is 0.689. The molecule has 1 aliphatic heterocycles. The van der Waals surface area contributed by atoms with E-state index in [1.54, 1.807) is 11.8 Å². The molecule has 1 fully saturated rings. The Balaban J connectivity index is 1.35. The second-order valence-electron chi connectivity index (χ2n) is 6.98. The van der Waals surface area contributed by atoms with Crippen molar-refractivity contribution in [1.29, 1.82) is 0 Å². The fourth-order valence-electron chi connectivity index (χ4n) is 3.46. The van der Waals surface area contributed by atoms with E-state index in [-0.39, 0.29) is 5.91 Å². The Labute approximate surface area is 163 Å². The molecule has 6 heteroatoms. The van der Waals surface area contributed by atoms with Gasteiger partial charge in [-0.15, -0.1) is 11.8 Å². The Bertz CT molecular complexity index is 880. The summed E-state index contributed by atoms with van der Waals surface area (Å²) in [6.45, 7) is 2.34. The van der Waals surface area contributed by atoms with E-state index in [2.05, 4.69) is 11.2 Å². The first-order valence-electron chi connectivity index (χ1n) is 9.38. The maximum Gasteiger partial charge on any atom is 0.253 e. The van der Waals surface area contributed by atoms with Crippen LogP contribution < -0.4 is 5.73 Å². The van der Waals surface area contributed by atoms with Gasteiger partial charge in [0.05, 0.1) is 5.69 Å². The first-order valence-corrected chi connectivity index (χ1v) is 10.4. The van der Waals surface area contributed by atoms with E-state index in [1.807, 2.05) is 58.0 Å². The number of imidazole rings is 1. The molecule has 3 heterocycles. The Hall–Kier alpha value is -2.31. The monoisotopic (exact) mass is 380 g/mol. The molecule has 1 aliphatic rings. The number of thioether (sulfide) groups is 1. The van der Waals surface area contributed by atoms with E-state index in [1.165, 1.54) is 0 Å². The van der Waals surface area contributed by atoms with Crippen molar-refractivity contribution in [2.75, 3.05) is 19.6 Å². The summed E-state index contributed by atoms with van der Waals surface area (Å²) in [6.07, 6.45) is 6.09. The first kappa shape index (κ1) is 18.1. The van der Waals surface area contributed by atoms with Crippen LogP contribution in [0.2, 0.25) is 0 Å².